The van der Waals surface area contributed by atoms with Crippen LogP contribution in [0.25, 0.3) is 0 Å². The lowest BCUT2D eigenvalue weighted by Gasteiger charge is -2.01. The van der Waals surface area contributed by atoms with E-state index in [0.29, 0.717) is 11.4 Å². The SMILES string of the molecule is Cc1cc(NC(=O)c2cncc(I)c2)nn1C. The lowest BCUT2D eigenvalue weighted by molar-refractivity contribution is 0.102. The van der Waals surface area contributed by atoms with Gasteiger partial charge in [0.1, 0.15) is 0 Å². The van der Waals surface area contributed by atoms with Gasteiger partial charge in [-0.1, -0.05) is 0 Å². The van der Waals surface area contributed by atoms with Crippen molar-refractivity contribution in [2.45, 2.75) is 6.92 Å². The lowest BCUT2D eigenvalue weighted by Crippen LogP contribution is -2.13. The fourth-order valence-electron chi connectivity index (χ4n) is 1.35. The summed E-state index contributed by atoms with van der Waals surface area (Å²) in [5.41, 5.74) is 1.52. The van der Waals surface area contributed by atoms with E-state index in [1.807, 2.05) is 20.0 Å². The van der Waals surface area contributed by atoms with E-state index in [-0.39, 0.29) is 5.91 Å². The third-order valence-corrected chi connectivity index (χ3v) is 2.91. The van der Waals surface area contributed by atoms with Crippen LogP contribution in [-0.2, 0) is 7.05 Å². The molecule has 6 heteroatoms. The van der Waals surface area contributed by atoms with Crippen molar-refractivity contribution < 1.29 is 4.79 Å². The summed E-state index contributed by atoms with van der Waals surface area (Å²) in [6.45, 7) is 1.93. The zero-order chi connectivity index (χ0) is 12.4. The minimum Gasteiger partial charge on any atom is -0.305 e. The minimum absolute atomic E-state index is 0.200. The number of halogens is 1. The van der Waals surface area contributed by atoms with E-state index in [4.69, 9.17) is 0 Å². The maximum atomic E-state index is 11.9. The maximum Gasteiger partial charge on any atom is 0.258 e. The van der Waals surface area contributed by atoms with Crippen molar-refractivity contribution in [2.75, 3.05) is 5.32 Å². The molecule has 0 aliphatic heterocycles. The number of aryl methyl sites for hydroxylation is 2. The summed E-state index contributed by atoms with van der Waals surface area (Å²) in [5.74, 6) is 0.350. The maximum absolute atomic E-state index is 11.9. The molecule has 5 nitrogen and oxygen atoms in total. The van der Waals surface area contributed by atoms with E-state index in [1.165, 1.54) is 6.20 Å². The Balaban J connectivity index is 2.17. The van der Waals surface area contributed by atoms with Crippen molar-refractivity contribution >= 4 is 34.3 Å². The summed E-state index contributed by atoms with van der Waals surface area (Å²) in [7, 11) is 1.83. The highest BCUT2D eigenvalue weighted by Gasteiger charge is 2.09. The summed E-state index contributed by atoms with van der Waals surface area (Å²) in [5, 5.41) is 6.89. The zero-order valence-electron chi connectivity index (χ0n) is 9.44. The van der Waals surface area contributed by atoms with Crippen molar-refractivity contribution in [2.24, 2.45) is 7.05 Å². The number of pyridine rings is 1. The van der Waals surface area contributed by atoms with Gasteiger partial charge in [-0.05, 0) is 35.6 Å². The Morgan fingerprint density at radius 3 is 2.76 bits per heavy atom. The van der Waals surface area contributed by atoms with Crippen LogP contribution in [0.2, 0.25) is 0 Å². The van der Waals surface area contributed by atoms with Gasteiger partial charge in [0.2, 0.25) is 0 Å². The number of hydrogen-bond donors (Lipinski definition) is 1. The number of carbonyl (C=O) groups is 1. The van der Waals surface area contributed by atoms with Gasteiger partial charge in [0.05, 0.1) is 5.56 Å². The van der Waals surface area contributed by atoms with E-state index >= 15 is 0 Å². The second-order valence-corrected chi connectivity index (χ2v) is 4.89. The minimum atomic E-state index is -0.200. The highest BCUT2D eigenvalue weighted by Crippen LogP contribution is 2.10. The van der Waals surface area contributed by atoms with Gasteiger partial charge >= 0.3 is 0 Å². The van der Waals surface area contributed by atoms with Gasteiger partial charge in [-0.2, -0.15) is 5.10 Å². The van der Waals surface area contributed by atoms with Crippen LogP contribution in [0.5, 0.6) is 0 Å². The Morgan fingerprint density at radius 1 is 1.41 bits per heavy atom. The van der Waals surface area contributed by atoms with Gasteiger partial charge in [-0.15, -0.1) is 0 Å². The fraction of sp³-hybridized carbons (Fsp3) is 0.182. The van der Waals surface area contributed by atoms with E-state index in [0.717, 1.165) is 9.26 Å². The van der Waals surface area contributed by atoms with E-state index in [2.05, 4.69) is 38.0 Å². The first kappa shape index (κ1) is 12.0. The molecule has 2 heterocycles. The zero-order valence-corrected chi connectivity index (χ0v) is 11.6. The molecule has 0 bridgehead atoms. The molecule has 0 aliphatic carbocycles. The largest absolute Gasteiger partial charge is 0.305 e. The number of nitrogens with zero attached hydrogens (tertiary/aromatic N) is 3. The molecule has 1 N–H and O–H groups in total. The van der Waals surface area contributed by atoms with Crippen LogP contribution in [0.15, 0.2) is 24.5 Å². The molecule has 1 amide bonds. The number of amides is 1. The lowest BCUT2D eigenvalue weighted by atomic mass is 10.3. The van der Waals surface area contributed by atoms with Crippen molar-refractivity contribution in [3.8, 4) is 0 Å². The molecule has 0 atom stereocenters. The number of aromatic nitrogens is 3. The van der Waals surface area contributed by atoms with Gasteiger partial charge < -0.3 is 5.32 Å². The van der Waals surface area contributed by atoms with Crippen LogP contribution in [0.4, 0.5) is 5.82 Å². The van der Waals surface area contributed by atoms with Crippen LogP contribution in [0, 0.1) is 10.5 Å². The standard InChI is InChI=1S/C11H11IN4O/c1-7-3-10(15-16(7)2)14-11(17)8-4-9(12)6-13-5-8/h3-6H,1-2H3,(H,14,15,17). The molecule has 0 radical (unpaired) electrons. The molecule has 0 fully saturated rings. The molecule has 17 heavy (non-hydrogen) atoms. The van der Waals surface area contributed by atoms with E-state index in [1.54, 1.807) is 16.9 Å². The van der Waals surface area contributed by atoms with Gasteiger partial charge in [-0.25, -0.2) is 0 Å². The Hall–Kier alpha value is -1.44. The summed E-state index contributed by atoms with van der Waals surface area (Å²) in [4.78, 5) is 15.9. The van der Waals surface area contributed by atoms with Crippen molar-refractivity contribution in [1.29, 1.82) is 0 Å². The quantitative estimate of drug-likeness (QED) is 0.849. The third-order valence-electron chi connectivity index (χ3n) is 2.32. The third kappa shape index (κ3) is 2.82. The Morgan fingerprint density at radius 2 is 2.18 bits per heavy atom. The molecule has 2 aromatic heterocycles. The van der Waals surface area contributed by atoms with Crippen LogP contribution in [0.1, 0.15) is 16.1 Å². The number of carbonyl (C=O) groups excluding carboxylic acids is 1. The second kappa shape index (κ2) is 4.82. The van der Waals surface area contributed by atoms with E-state index < -0.39 is 0 Å². The van der Waals surface area contributed by atoms with Crippen LogP contribution >= 0.6 is 22.6 Å². The summed E-state index contributed by atoms with van der Waals surface area (Å²) in [6, 6.07) is 3.60. The molecule has 0 aromatic carbocycles. The van der Waals surface area contributed by atoms with Crippen molar-refractivity contribution in [3.63, 3.8) is 0 Å². The predicted molar refractivity (Wildman–Crippen MR) is 72.9 cm³/mol. The van der Waals surface area contributed by atoms with Gasteiger partial charge in [0, 0.05) is 34.8 Å². The highest BCUT2D eigenvalue weighted by molar-refractivity contribution is 14.1. The number of hydrogen-bond acceptors (Lipinski definition) is 3. The molecule has 88 valence electrons. The monoisotopic (exact) mass is 342 g/mol. The molecule has 0 unspecified atom stereocenters. The fourth-order valence-corrected chi connectivity index (χ4v) is 1.84. The first-order valence-corrected chi connectivity index (χ1v) is 6.06. The molecular weight excluding hydrogens is 331 g/mol. The first-order valence-electron chi connectivity index (χ1n) is 4.99. The Bertz CT molecular complexity index is 545. The second-order valence-electron chi connectivity index (χ2n) is 3.64. The average Bonchev–Trinajstić information content (AvgIpc) is 2.58. The van der Waals surface area contributed by atoms with Gasteiger partial charge in [0.25, 0.3) is 5.91 Å². The summed E-state index contributed by atoms with van der Waals surface area (Å²) in [6.07, 6.45) is 3.23. The summed E-state index contributed by atoms with van der Waals surface area (Å²) < 4.78 is 2.63. The number of rotatable bonds is 2. The number of nitrogens with one attached hydrogen (secondary N) is 1. The predicted octanol–water partition coefficient (Wildman–Crippen LogP) is 1.98. The number of anilines is 1. The Labute approximate surface area is 112 Å². The van der Waals surface area contributed by atoms with Crippen LogP contribution < -0.4 is 5.32 Å². The topological polar surface area (TPSA) is 59.8 Å². The smallest absolute Gasteiger partial charge is 0.258 e. The van der Waals surface area contributed by atoms with Gasteiger partial charge in [0.15, 0.2) is 5.82 Å². The average molecular weight is 342 g/mol. The molecule has 0 aliphatic rings. The molecule has 0 saturated carbocycles. The normalized spacial score (nSPS) is 10.3. The first-order chi connectivity index (χ1) is 8.06. The van der Waals surface area contributed by atoms with Crippen LogP contribution in [-0.4, -0.2) is 20.7 Å². The van der Waals surface area contributed by atoms with Crippen LogP contribution in [0.3, 0.4) is 0 Å². The van der Waals surface area contributed by atoms with E-state index in [9.17, 15) is 4.79 Å². The van der Waals surface area contributed by atoms with Crippen molar-refractivity contribution in [1.82, 2.24) is 14.8 Å². The molecule has 2 aromatic rings. The summed E-state index contributed by atoms with van der Waals surface area (Å²) >= 11 is 2.12. The highest BCUT2D eigenvalue weighted by atomic mass is 127. The van der Waals surface area contributed by atoms with Crippen molar-refractivity contribution in [3.05, 3.63) is 39.4 Å². The molecule has 0 spiro atoms. The molecule has 0 saturated heterocycles. The molecule has 2 rings (SSSR count). The Kier molecular flexibility index (Phi) is 3.41. The van der Waals surface area contributed by atoms with Gasteiger partial charge in [-0.3, -0.25) is 14.5 Å². The molecular formula is C11H11IN4O.